The van der Waals surface area contributed by atoms with Crippen molar-refractivity contribution < 1.29 is 29.3 Å². The van der Waals surface area contributed by atoms with Gasteiger partial charge in [-0.3, -0.25) is 9.59 Å². The van der Waals surface area contributed by atoms with Crippen LogP contribution in [-0.2, 0) is 25.5 Å². The van der Waals surface area contributed by atoms with E-state index in [4.69, 9.17) is 9.47 Å². The van der Waals surface area contributed by atoms with Crippen molar-refractivity contribution in [2.45, 2.75) is 25.9 Å². The van der Waals surface area contributed by atoms with Crippen LogP contribution in [0.3, 0.4) is 0 Å². The molecule has 0 aromatic heterocycles. The van der Waals surface area contributed by atoms with Crippen molar-refractivity contribution in [2.75, 3.05) is 7.11 Å². The maximum atomic E-state index is 12.6. The SMILES string of the molecule is C/C=C1/C(C=O)OC(OC)=C[C@H]1C(=O)CCc1ccc(O)c(O)c1. The smallest absolute Gasteiger partial charge is 0.276 e. The summed E-state index contributed by atoms with van der Waals surface area (Å²) in [6.07, 6.45) is 3.69. The molecule has 128 valence electrons. The number of phenols is 2. The van der Waals surface area contributed by atoms with Crippen molar-refractivity contribution >= 4 is 12.1 Å². The van der Waals surface area contributed by atoms with Crippen molar-refractivity contribution in [3.8, 4) is 11.5 Å². The fourth-order valence-corrected chi connectivity index (χ4v) is 2.63. The fraction of sp³-hybridized carbons (Fsp3) is 0.333. The topological polar surface area (TPSA) is 93.1 Å². The number of hydrogen-bond donors (Lipinski definition) is 2. The summed E-state index contributed by atoms with van der Waals surface area (Å²) in [5, 5.41) is 18.8. The molecule has 0 saturated carbocycles. The first kappa shape index (κ1) is 17.6. The molecule has 2 atom stereocenters. The number of hydrogen-bond acceptors (Lipinski definition) is 6. The van der Waals surface area contributed by atoms with Crippen molar-refractivity contribution in [3.63, 3.8) is 0 Å². The fourth-order valence-electron chi connectivity index (χ4n) is 2.63. The average molecular weight is 332 g/mol. The Morgan fingerprint density at radius 3 is 2.67 bits per heavy atom. The van der Waals surface area contributed by atoms with Crippen molar-refractivity contribution in [2.24, 2.45) is 5.92 Å². The normalized spacial score (nSPS) is 21.8. The Kier molecular flexibility index (Phi) is 5.63. The van der Waals surface area contributed by atoms with E-state index in [9.17, 15) is 19.8 Å². The summed E-state index contributed by atoms with van der Waals surface area (Å²) in [6, 6.07) is 4.45. The van der Waals surface area contributed by atoms with Crippen LogP contribution in [0.4, 0.5) is 0 Å². The van der Waals surface area contributed by atoms with Crippen molar-refractivity contribution in [3.05, 3.63) is 47.4 Å². The summed E-state index contributed by atoms with van der Waals surface area (Å²) in [6.45, 7) is 1.75. The Morgan fingerprint density at radius 2 is 2.08 bits per heavy atom. The molecule has 1 heterocycles. The van der Waals surface area contributed by atoms with E-state index in [0.717, 1.165) is 5.56 Å². The zero-order valence-corrected chi connectivity index (χ0v) is 13.6. The van der Waals surface area contributed by atoms with Crippen LogP contribution in [0.1, 0.15) is 18.9 Å². The molecule has 1 aromatic rings. The van der Waals surface area contributed by atoms with Gasteiger partial charge in [0.1, 0.15) is 5.78 Å². The number of aryl methyl sites for hydroxylation is 1. The van der Waals surface area contributed by atoms with E-state index in [1.165, 1.54) is 19.2 Å². The molecular formula is C18H20O6. The minimum absolute atomic E-state index is 0.0830. The third-order valence-corrected chi connectivity index (χ3v) is 3.94. The Bertz CT molecular complexity index is 689. The number of aromatic hydroxyl groups is 2. The summed E-state index contributed by atoms with van der Waals surface area (Å²) < 4.78 is 10.4. The average Bonchev–Trinajstić information content (AvgIpc) is 2.60. The summed E-state index contributed by atoms with van der Waals surface area (Å²) in [4.78, 5) is 23.8. The molecule has 0 amide bonds. The highest BCUT2D eigenvalue weighted by Crippen LogP contribution is 2.30. The van der Waals surface area contributed by atoms with Gasteiger partial charge >= 0.3 is 0 Å². The number of aldehydes is 1. The molecule has 1 aliphatic heterocycles. The molecule has 6 heteroatoms. The molecule has 2 N–H and O–H groups in total. The molecule has 0 bridgehead atoms. The molecule has 6 nitrogen and oxygen atoms in total. The standard InChI is InChI=1S/C18H20O6/c1-3-12-13(9-18(23-2)24-17(12)10-19)14(20)6-4-11-5-7-15(21)16(22)8-11/h3,5,7-10,13,17,21-22H,4,6H2,1-2H3/b12-3+/t13-,17?/m1/s1. The number of rotatable bonds is 6. The summed E-state index contributed by atoms with van der Waals surface area (Å²) in [7, 11) is 1.41. The number of methoxy groups -OCH3 is 1. The molecule has 0 aliphatic carbocycles. The predicted octanol–water partition coefficient (Wildman–Crippen LogP) is 2.25. The maximum Gasteiger partial charge on any atom is 0.276 e. The van der Waals surface area contributed by atoms with E-state index in [1.54, 1.807) is 25.1 Å². The third-order valence-electron chi connectivity index (χ3n) is 3.94. The van der Waals surface area contributed by atoms with E-state index in [0.29, 0.717) is 18.3 Å². The van der Waals surface area contributed by atoms with Gasteiger partial charge in [-0.25, -0.2) is 0 Å². The molecule has 2 rings (SSSR count). The molecule has 24 heavy (non-hydrogen) atoms. The molecule has 0 radical (unpaired) electrons. The van der Waals surface area contributed by atoms with Gasteiger partial charge in [-0.15, -0.1) is 0 Å². The molecule has 1 aliphatic rings. The zero-order valence-electron chi connectivity index (χ0n) is 13.6. The van der Waals surface area contributed by atoms with Crippen LogP contribution in [-0.4, -0.2) is 35.5 Å². The van der Waals surface area contributed by atoms with Gasteiger partial charge < -0.3 is 19.7 Å². The maximum absolute atomic E-state index is 12.6. The lowest BCUT2D eigenvalue weighted by Crippen LogP contribution is -2.31. The van der Waals surface area contributed by atoms with Gasteiger partial charge in [0.05, 0.1) is 13.0 Å². The Balaban J connectivity index is 2.14. The lowest BCUT2D eigenvalue weighted by atomic mass is 9.86. The number of allylic oxidation sites excluding steroid dienone is 2. The van der Waals surface area contributed by atoms with Gasteiger partial charge in [-0.05, 0) is 36.6 Å². The quantitative estimate of drug-likeness (QED) is 0.471. The Morgan fingerprint density at radius 1 is 1.33 bits per heavy atom. The van der Waals surface area contributed by atoms with E-state index >= 15 is 0 Å². The van der Waals surface area contributed by atoms with Gasteiger partial charge in [-0.2, -0.15) is 0 Å². The van der Waals surface area contributed by atoms with E-state index in [-0.39, 0.29) is 29.6 Å². The first-order valence-corrected chi connectivity index (χ1v) is 7.57. The van der Waals surface area contributed by atoms with Crippen molar-refractivity contribution in [1.82, 2.24) is 0 Å². The van der Waals surface area contributed by atoms with Crippen LogP contribution in [0.5, 0.6) is 11.5 Å². The van der Waals surface area contributed by atoms with Crippen molar-refractivity contribution in [1.29, 1.82) is 0 Å². The minimum Gasteiger partial charge on any atom is -0.504 e. The van der Waals surface area contributed by atoms with Gasteiger partial charge in [-0.1, -0.05) is 12.1 Å². The number of ketones is 1. The number of benzene rings is 1. The second kappa shape index (κ2) is 7.68. The summed E-state index contributed by atoms with van der Waals surface area (Å²) in [5.41, 5.74) is 1.32. The van der Waals surface area contributed by atoms with Crippen LogP contribution >= 0.6 is 0 Å². The van der Waals surface area contributed by atoms with Crippen LogP contribution in [0.15, 0.2) is 41.9 Å². The highest BCUT2D eigenvalue weighted by atomic mass is 16.7. The molecule has 0 saturated heterocycles. The van der Waals surface area contributed by atoms with Crippen LogP contribution in [0.2, 0.25) is 0 Å². The highest BCUT2D eigenvalue weighted by molar-refractivity contribution is 5.87. The highest BCUT2D eigenvalue weighted by Gasteiger charge is 2.33. The van der Waals surface area contributed by atoms with Gasteiger partial charge in [0.15, 0.2) is 23.9 Å². The van der Waals surface area contributed by atoms with E-state index in [1.807, 2.05) is 0 Å². The lowest BCUT2D eigenvalue weighted by molar-refractivity contribution is -0.123. The van der Waals surface area contributed by atoms with Crippen LogP contribution in [0, 0.1) is 5.92 Å². The zero-order chi connectivity index (χ0) is 17.7. The van der Waals surface area contributed by atoms with Crippen LogP contribution in [0.25, 0.3) is 0 Å². The number of ether oxygens (including phenoxy) is 2. The summed E-state index contributed by atoms with van der Waals surface area (Å²) in [5.74, 6) is -0.937. The first-order chi connectivity index (χ1) is 11.5. The van der Waals surface area contributed by atoms with Gasteiger partial charge in [0, 0.05) is 12.5 Å². The molecule has 1 unspecified atom stereocenters. The number of Topliss-reactive ketones (excluding diaryl/α,β-unsaturated/α-hetero) is 1. The Labute approximate surface area is 140 Å². The second-order valence-corrected chi connectivity index (χ2v) is 5.42. The second-order valence-electron chi connectivity index (χ2n) is 5.42. The molecule has 0 spiro atoms. The number of carbonyl (C=O) groups excluding carboxylic acids is 2. The minimum atomic E-state index is -0.832. The Hall–Kier alpha value is -2.76. The third kappa shape index (κ3) is 3.76. The molecule has 1 aromatic carbocycles. The van der Waals surface area contributed by atoms with E-state index < -0.39 is 12.0 Å². The predicted molar refractivity (Wildman–Crippen MR) is 86.4 cm³/mol. The van der Waals surface area contributed by atoms with Gasteiger partial charge in [0.25, 0.3) is 5.95 Å². The number of carbonyl (C=O) groups is 2. The largest absolute Gasteiger partial charge is 0.504 e. The monoisotopic (exact) mass is 332 g/mol. The number of phenolic OH excluding ortho intramolecular Hbond substituents is 2. The molecule has 0 fully saturated rings. The lowest BCUT2D eigenvalue weighted by Gasteiger charge is -2.27. The summed E-state index contributed by atoms with van der Waals surface area (Å²) >= 11 is 0. The van der Waals surface area contributed by atoms with E-state index in [2.05, 4.69) is 0 Å². The molecular weight excluding hydrogens is 312 g/mol. The van der Waals surface area contributed by atoms with Gasteiger partial charge in [0.2, 0.25) is 0 Å². The van der Waals surface area contributed by atoms with Crippen LogP contribution < -0.4 is 0 Å². The first-order valence-electron chi connectivity index (χ1n) is 7.57.